The van der Waals surface area contributed by atoms with E-state index in [1.807, 2.05) is 13.8 Å². The van der Waals surface area contributed by atoms with Crippen molar-refractivity contribution in [2.75, 3.05) is 19.8 Å². The second-order valence-electron chi connectivity index (χ2n) is 4.92. The lowest BCUT2D eigenvalue weighted by Crippen LogP contribution is -2.35. The average Bonchev–Trinajstić information content (AvgIpc) is 2.35. The Morgan fingerprint density at radius 2 is 2.15 bits per heavy atom. The first-order valence-electron chi connectivity index (χ1n) is 6.39. The number of hydrogen-bond acceptors (Lipinski definition) is 3. The van der Waals surface area contributed by atoms with Crippen LogP contribution in [0.15, 0.2) is 18.2 Å². The molecule has 0 spiro atoms. The lowest BCUT2D eigenvalue weighted by atomic mass is 10.2. The van der Waals surface area contributed by atoms with Crippen molar-refractivity contribution in [3.8, 4) is 0 Å². The van der Waals surface area contributed by atoms with Crippen LogP contribution in [0.3, 0.4) is 0 Å². The van der Waals surface area contributed by atoms with E-state index >= 15 is 0 Å². The molecule has 0 saturated heterocycles. The maximum absolute atomic E-state index is 12.9. The number of hydrogen-bond donors (Lipinski definition) is 2. The smallest absolute Gasteiger partial charge is 0.252 e. The number of ether oxygens (including phenoxy) is 1. The standard InChI is InChI=1S/C14H19ClFNO3/c1-9(2)7-20-8-11(18)6-17-14(19)12-4-3-10(16)5-13(12)15/h3-5,9,11,18H,6-8H2,1-2H3,(H,17,19). The molecule has 112 valence electrons. The van der Waals surface area contributed by atoms with Gasteiger partial charge in [0.15, 0.2) is 0 Å². The zero-order valence-corrected chi connectivity index (χ0v) is 12.3. The molecule has 1 aromatic carbocycles. The molecular formula is C14H19ClFNO3. The van der Waals surface area contributed by atoms with Gasteiger partial charge in [-0.3, -0.25) is 4.79 Å². The summed E-state index contributed by atoms with van der Waals surface area (Å²) in [5, 5.41) is 12.2. The molecule has 0 saturated carbocycles. The minimum Gasteiger partial charge on any atom is -0.389 e. The van der Waals surface area contributed by atoms with Gasteiger partial charge < -0.3 is 15.2 Å². The summed E-state index contributed by atoms with van der Waals surface area (Å²) >= 11 is 5.77. The van der Waals surface area contributed by atoms with E-state index in [1.54, 1.807) is 0 Å². The quantitative estimate of drug-likeness (QED) is 0.812. The molecule has 2 N–H and O–H groups in total. The summed E-state index contributed by atoms with van der Waals surface area (Å²) < 4.78 is 18.1. The van der Waals surface area contributed by atoms with Gasteiger partial charge in [0.25, 0.3) is 5.91 Å². The Hall–Kier alpha value is -1.17. The summed E-state index contributed by atoms with van der Waals surface area (Å²) in [7, 11) is 0. The highest BCUT2D eigenvalue weighted by atomic mass is 35.5. The van der Waals surface area contributed by atoms with Crippen molar-refractivity contribution in [3.05, 3.63) is 34.6 Å². The van der Waals surface area contributed by atoms with Crippen LogP contribution in [0.5, 0.6) is 0 Å². The molecular weight excluding hydrogens is 285 g/mol. The number of aliphatic hydroxyl groups excluding tert-OH is 1. The molecule has 0 radical (unpaired) electrons. The van der Waals surface area contributed by atoms with E-state index in [9.17, 15) is 14.3 Å². The van der Waals surface area contributed by atoms with Gasteiger partial charge >= 0.3 is 0 Å². The largest absolute Gasteiger partial charge is 0.389 e. The normalized spacial score (nSPS) is 12.5. The molecule has 20 heavy (non-hydrogen) atoms. The Bertz CT molecular complexity index is 454. The number of benzene rings is 1. The molecule has 0 heterocycles. The molecule has 0 aliphatic rings. The summed E-state index contributed by atoms with van der Waals surface area (Å²) in [4.78, 5) is 11.8. The Morgan fingerprint density at radius 1 is 1.45 bits per heavy atom. The van der Waals surface area contributed by atoms with Gasteiger partial charge in [-0.2, -0.15) is 0 Å². The molecule has 1 rings (SSSR count). The number of aliphatic hydroxyl groups is 1. The van der Waals surface area contributed by atoms with Crippen LogP contribution in [0.2, 0.25) is 5.02 Å². The van der Waals surface area contributed by atoms with Gasteiger partial charge in [-0.25, -0.2) is 4.39 Å². The van der Waals surface area contributed by atoms with Crippen molar-refractivity contribution in [1.82, 2.24) is 5.32 Å². The van der Waals surface area contributed by atoms with Gasteiger partial charge in [0.2, 0.25) is 0 Å². The van der Waals surface area contributed by atoms with Gasteiger partial charge in [0.1, 0.15) is 5.82 Å². The topological polar surface area (TPSA) is 58.6 Å². The second kappa shape index (κ2) is 8.19. The van der Waals surface area contributed by atoms with Crippen LogP contribution >= 0.6 is 11.6 Å². The summed E-state index contributed by atoms with van der Waals surface area (Å²) in [6.45, 7) is 4.75. The van der Waals surface area contributed by atoms with Crippen molar-refractivity contribution in [3.63, 3.8) is 0 Å². The van der Waals surface area contributed by atoms with Gasteiger partial charge in [-0.15, -0.1) is 0 Å². The third kappa shape index (κ3) is 5.86. The van der Waals surface area contributed by atoms with Crippen molar-refractivity contribution in [2.24, 2.45) is 5.92 Å². The molecule has 0 aliphatic carbocycles. The monoisotopic (exact) mass is 303 g/mol. The van der Waals surface area contributed by atoms with E-state index in [4.69, 9.17) is 16.3 Å². The van der Waals surface area contributed by atoms with E-state index in [-0.39, 0.29) is 23.7 Å². The minimum absolute atomic E-state index is 0.0352. The SMILES string of the molecule is CC(C)COCC(O)CNC(=O)c1ccc(F)cc1Cl. The van der Waals surface area contributed by atoms with Crippen LogP contribution in [-0.2, 0) is 4.74 Å². The Kier molecular flexibility index (Phi) is 6.91. The second-order valence-corrected chi connectivity index (χ2v) is 5.33. The highest BCUT2D eigenvalue weighted by Crippen LogP contribution is 2.16. The van der Waals surface area contributed by atoms with Crippen LogP contribution in [0, 0.1) is 11.7 Å². The van der Waals surface area contributed by atoms with Gasteiger partial charge in [0.05, 0.1) is 23.3 Å². The van der Waals surface area contributed by atoms with E-state index in [2.05, 4.69) is 5.32 Å². The van der Waals surface area contributed by atoms with Crippen LogP contribution in [-0.4, -0.2) is 36.9 Å². The minimum atomic E-state index is -0.795. The molecule has 1 aromatic rings. The van der Waals surface area contributed by atoms with E-state index in [0.29, 0.717) is 12.5 Å². The Labute approximate surface area is 122 Å². The number of nitrogens with one attached hydrogen (secondary N) is 1. The highest BCUT2D eigenvalue weighted by Gasteiger charge is 2.13. The predicted octanol–water partition coefficient (Wildman–Crippen LogP) is 2.24. The Balaban J connectivity index is 2.39. The number of carbonyl (C=O) groups is 1. The fourth-order valence-electron chi connectivity index (χ4n) is 1.48. The van der Waals surface area contributed by atoms with Crippen LogP contribution in [0.4, 0.5) is 4.39 Å². The fourth-order valence-corrected chi connectivity index (χ4v) is 1.73. The van der Waals surface area contributed by atoms with Gasteiger partial charge in [-0.1, -0.05) is 25.4 Å². The van der Waals surface area contributed by atoms with Crippen molar-refractivity contribution in [2.45, 2.75) is 20.0 Å². The summed E-state index contributed by atoms with van der Waals surface area (Å²) in [5.41, 5.74) is 0.170. The van der Waals surface area contributed by atoms with E-state index in [0.717, 1.165) is 12.1 Å². The molecule has 0 fully saturated rings. The van der Waals surface area contributed by atoms with Gasteiger partial charge in [-0.05, 0) is 24.1 Å². The predicted molar refractivity (Wildman–Crippen MR) is 75.4 cm³/mol. The Morgan fingerprint density at radius 3 is 2.75 bits per heavy atom. The molecule has 6 heteroatoms. The van der Waals surface area contributed by atoms with Crippen molar-refractivity contribution >= 4 is 17.5 Å². The van der Waals surface area contributed by atoms with Crippen molar-refractivity contribution in [1.29, 1.82) is 0 Å². The molecule has 0 aliphatic heterocycles. The number of carbonyl (C=O) groups excluding carboxylic acids is 1. The lowest BCUT2D eigenvalue weighted by molar-refractivity contribution is 0.0259. The molecule has 1 amide bonds. The molecule has 0 aromatic heterocycles. The zero-order chi connectivity index (χ0) is 15.1. The van der Waals surface area contributed by atoms with Crippen molar-refractivity contribution < 1.29 is 19.0 Å². The number of halogens is 2. The third-order valence-electron chi connectivity index (χ3n) is 2.44. The van der Waals surface area contributed by atoms with Crippen LogP contribution in [0.1, 0.15) is 24.2 Å². The van der Waals surface area contributed by atoms with E-state index < -0.39 is 17.8 Å². The molecule has 1 atom stereocenters. The molecule has 0 bridgehead atoms. The number of rotatable bonds is 7. The maximum Gasteiger partial charge on any atom is 0.252 e. The first kappa shape index (κ1) is 16.9. The highest BCUT2D eigenvalue weighted by molar-refractivity contribution is 6.33. The van der Waals surface area contributed by atoms with Crippen LogP contribution < -0.4 is 5.32 Å². The first-order chi connectivity index (χ1) is 9.40. The zero-order valence-electron chi connectivity index (χ0n) is 11.5. The number of amides is 1. The first-order valence-corrected chi connectivity index (χ1v) is 6.77. The molecule has 4 nitrogen and oxygen atoms in total. The average molecular weight is 304 g/mol. The lowest BCUT2D eigenvalue weighted by Gasteiger charge is -2.14. The summed E-state index contributed by atoms with van der Waals surface area (Å²) in [5.74, 6) is -0.582. The van der Waals surface area contributed by atoms with Crippen LogP contribution in [0.25, 0.3) is 0 Å². The van der Waals surface area contributed by atoms with Gasteiger partial charge in [0, 0.05) is 13.2 Å². The van der Waals surface area contributed by atoms with E-state index in [1.165, 1.54) is 6.07 Å². The molecule has 1 unspecified atom stereocenters. The third-order valence-corrected chi connectivity index (χ3v) is 2.75. The summed E-state index contributed by atoms with van der Waals surface area (Å²) in [6.07, 6.45) is -0.795. The maximum atomic E-state index is 12.9. The fraction of sp³-hybridized carbons (Fsp3) is 0.500. The summed E-state index contributed by atoms with van der Waals surface area (Å²) in [6, 6.07) is 3.52.